The molecular formula is C8H3N2. The standard InChI is InChI=1S/C8H3N2/c1-2-4-8-6-10-9-5-7(8)3-1/h1-3H. The van der Waals surface area contributed by atoms with Crippen LogP contribution in [0.15, 0.2) is 18.2 Å². The van der Waals surface area contributed by atoms with Gasteiger partial charge in [0.2, 0.25) is 0 Å². The second kappa shape index (κ2) is 2.06. The average molecular weight is 127 g/mol. The fourth-order valence-corrected chi connectivity index (χ4v) is 0.776. The third kappa shape index (κ3) is 0.739. The first-order valence-electron chi connectivity index (χ1n) is 2.89. The number of hydrogen-bond acceptors (Lipinski definition) is 2. The van der Waals surface area contributed by atoms with Crippen LogP contribution in [-0.2, 0) is 0 Å². The SMILES string of the molecule is [c]1cccc2[c]nn[c]c12. The molecule has 10 heavy (non-hydrogen) atoms. The number of rotatable bonds is 0. The molecule has 0 N–H and O–H groups in total. The summed E-state index contributed by atoms with van der Waals surface area (Å²) in [6.07, 6.45) is 5.43. The molecule has 0 aliphatic heterocycles. The Morgan fingerprint density at radius 3 is 3.00 bits per heavy atom. The van der Waals surface area contributed by atoms with Crippen molar-refractivity contribution in [3.63, 3.8) is 0 Å². The summed E-state index contributed by atoms with van der Waals surface area (Å²) < 4.78 is 0. The Kier molecular flexibility index (Phi) is 1.10. The molecule has 0 saturated carbocycles. The number of nitrogens with zero attached hydrogens (tertiary/aromatic N) is 2. The van der Waals surface area contributed by atoms with E-state index in [1.165, 1.54) is 0 Å². The largest absolute Gasteiger partial charge is 0.147 e. The highest BCUT2D eigenvalue weighted by atomic mass is 15.1. The molecule has 3 radical (unpaired) electrons. The highest BCUT2D eigenvalue weighted by Gasteiger charge is 1.89. The van der Waals surface area contributed by atoms with Gasteiger partial charge in [-0.2, -0.15) is 0 Å². The van der Waals surface area contributed by atoms with Crippen LogP contribution in [0.1, 0.15) is 0 Å². The van der Waals surface area contributed by atoms with E-state index in [1.807, 2.05) is 18.2 Å². The van der Waals surface area contributed by atoms with Crippen LogP contribution in [0, 0.1) is 18.5 Å². The van der Waals surface area contributed by atoms with Crippen LogP contribution in [0.4, 0.5) is 0 Å². The lowest BCUT2D eigenvalue weighted by atomic mass is 10.2. The minimum Gasteiger partial charge on any atom is -0.147 e. The smallest absolute Gasteiger partial charge is 0.122 e. The number of benzene rings is 1. The second-order valence-corrected chi connectivity index (χ2v) is 1.88. The van der Waals surface area contributed by atoms with Crippen molar-refractivity contribution in [2.24, 2.45) is 0 Å². The zero-order chi connectivity index (χ0) is 6.81. The molecule has 0 aliphatic rings. The molecule has 2 heteroatoms. The van der Waals surface area contributed by atoms with Crippen molar-refractivity contribution in [3.05, 3.63) is 36.7 Å². The molecule has 0 bridgehead atoms. The van der Waals surface area contributed by atoms with Gasteiger partial charge in [0.15, 0.2) is 0 Å². The van der Waals surface area contributed by atoms with Gasteiger partial charge in [-0.3, -0.25) is 0 Å². The highest BCUT2D eigenvalue weighted by molar-refractivity contribution is 5.78. The Labute approximate surface area is 58.5 Å². The van der Waals surface area contributed by atoms with Gasteiger partial charge in [0, 0.05) is 10.8 Å². The third-order valence-corrected chi connectivity index (χ3v) is 1.24. The van der Waals surface area contributed by atoms with E-state index in [4.69, 9.17) is 0 Å². The van der Waals surface area contributed by atoms with Gasteiger partial charge in [-0.1, -0.05) is 18.2 Å². The molecule has 0 aliphatic carbocycles. The van der Waals surface area contributed by atoms with E-state index in [9.17, 15) is 0 Å². The van der Waals surface area contributed by atoms with Crippen LogP contribution < -0.4 is 0 Å². The number of hydrogen-bond donors (Lipinski definition) is 0. The zero-order valence-corrected chi connectivity index (χ0v) is 5.13. The zero-order valence-electron chi connectivity index (χ0n) is 5.13. The number of fused-ring (bicyclic) bond motifs is 1. The van der Waals surface area contributed by atoms with Crippen LogP contribution in [0.2, 0.25) is 0 Å². The Balaban J connectivity index is 2.89. The normalized spacial score (nSPS) is 10.0. The van der Waals surface area contributed by atoms with E-state index in [0.717, 1.165) is 10.8 Å². The van der Waals surface area contributed by atoms with Gasteiger partial charge in [0.1, 0.15) is 12.4 Å². The molecule has 0 saturated heterocycles. The van der Waals surface area contributed by atoms with E-state index in [2.05, 4.69) is 28.7 Å². The Hall–Kier alpha value is -1.44. The molecule has 2 rings (SSSR count). The first kappa shape index (κ1) is 5.35. The maximum absolute atomic E-state index is 3.56. The van der Waals surface area contributed by atoms with Gasteiger partial charge in [-0.05, 0) is 6.07 Å². The van der Waals surface area contributed by atoms with Crippen molar-refractivity contribution in [2.75, 3.05) is 0 Å². The van der Waals surface area contributed by atoms with Gasteiger partial charge < -0.3 is 0 Å². The summed E-state index contributed by atoms with van der Waals surface area (Å²) in [6.45, 7) is 0. The predicted octanol–water partition coefficient (Wildman–Crippen LogP) is 1.03. The van der Waals surface area contributed by atoms with Crippen LogP contribution >= 0.6 is 0 Å². The highest BCUT2D eigenvalue weighted by Crippen LogP contribution is 2.06. The fourth-order valence-electron chi connectivity index (χ4n) is 0.776. The third-order valence-electron chi connectivity index (χ3n) is 1.24. The summed E-state index contributed by atoms with van der Waals surface area (Å²) in [5.41, 5.74) is 0. The number of aromatic nitrogens is 2. The van der Waals surface area contributed by atoms with E-state index < -0.39 is 0 Å². The van der Waals surface area contributed by atoms with Gasteiger partial charge in [0.05, 0.1) is 0 Å². The van der Waals surface area contributed by atoms with Gasteiger partial charge in [-0.15, -0.1) is 10.2 Å². The molecule has 1 aromatic carbocycles. The molecule has 0 amide bonds. The molecular weight excluding hydrogens is 124 g/mol. The lowest BCUT2D eigenvalue weighted by Crippen LogP contribution is -1.80. The molecule has 0 spiro atoms. The van der Waals surface area contributed by atoms with Crippen LogP contribution in [0.3, 0.4) is 0 Å². The van der Waals surface area contributed by atoms with Gasteiger partial charge in [-0.25, -0.2) is 0 Å². The van der Waals surface area contributed by atoms with Crippen molar-refractivity contribution in [3.8, 4) is 0 Å². The summed E-state index contributed by atoms with van der Waals surface area (Å²) in [5.74, 6) is 0. The monoisotopic (exact) mass is 127 g/mol. The molecule has 45 valence electrons. The average Bonchev–Trinajstić information content (AvgIpc) is 2.05. The molecule has 1 heterocycles. The molecule has 2 aromatic rings. The fraction of sp³-hybridized carbons (Fsp3) is 0. The lowest BCUT2D eigenvalue weighted by Gasteiger charge is -1.88. The van der Waals surface area contributed by atoms with Crippen LogP contribution in [-0.4, -0.2) is 10.2 Å². The first-order chi connectivity index (χ1) is 4.97. The summed E-state index contributed by atoms with van der Waals surface area (Å²) in [4.78, 5) is 0. The van der Waals surface area contributed by atoms with Gasteiger partial charge in [0.25, 0.3) is 0 Å². The van der Waals surface area contributed by atoms with Crippen molar-refractivity contribution in [2.45, 2.75) is 0 Å². The summed E-state index contributed by atoms with van der Waals surface area (Å²) >= 11 is 0. The first-order valence-corrected chi connectivity index (χ1v) is 2.89. The molecule has 0 unspecified atom stereocenters. The minimum absolute atomic E-state index is 0.831. The van der Waals surface area contributed by atoms with Crippen molar-refractivity contribution in [1.29, 1.82) is 0 Å². The lowest BCUT2D eigenvalue weighted by molar-refractivity contribution is 1.03. The van der Waals surface area contributed by atoms with E-state index >= 15 is 0 Å². The Bertz CT molecular complexity index is 278. The second-order valence-electron chi connectivity index (χ2n) is 1.88. The van der Waals surface area contributed by atoms with E-state index in [0.29, 0.717) is 0 Å². The molecule has 2 nitrogen and oxygen atoms in total. The molecule has 0 fully saturated rings. The maximum atomic E-state index is 3.56. The Morgan fingerprint density at radius 2 is 2.10 bits per heavy atom. The van der Waals surface area contributed by atoms with E-state index in [1.54, 1.807) is 0 Å². The van der Waals surface area contributed by atoms with E-state index in [-0.39, 0.29) is 0 Å². The predicted molar refractivity (Wildman–Crippen MR) is 36.0 cm³/mol. The van der Waals surface area contributed by atoms with Crippen molar-refractivity contribution >= 4 is 10.8 Å². The van der Waals surface area contributed by atoms with Crippen LogP contribution in [0.5, 0.6) is 0 Å². The quantitative estimate of drug-likeness (QED) is 0.528. The molecule has 1 aromatic heterocycles. The summed E-state index contributed by atoms with van der Waals surface area (Å²) in [7, 11) is 0. The maximum Gasteiger partial charge on any atom is 0.122 e. The van der Waals surface area contributed by atoms with Crippen molar-refractivity contribution in [1.82, 2.24) is 10.2 Å². The summed E-state index contributed by atoms with van der Waals surface area (Å²) in [6, 6.07) is 8.56. The molecule has 0 atom stereocenters. The van der Waals surface area contributed by atoms with Crippen molar-refractivity contribution < 1.29 is 0 Å². The van der Waals surface area contributed by atoms with Gasteiger partial charge >= 0.3 is 0 Å². The summed E-state index contributed by atoms with van der Waals surface area (Å²) in [5, 5.41) is 8.84. The topological polar surface area (TPSA) is 25.8 Å². The Morgan fingerprint density at radius 1 is 1.20 bits per heavy atom. The minimum atomic E-state index is 0.831. The van der Waals surface area contributed by atoms with Crippen LogP contribution in [0.25, 0.3) is 10.8 Å².